The molecule has 0 amide bonds. The molecule has 3 aromatic carbocycles. The summed E-state index contributed by atoms with van der Waals surface area (Å²) in [5, 5.41) is 10.1. The average molecular weight is 476 g/mol. The first kappa shape index (κ1) is 23.9. The van der Waals surface area contributed by atoms with Gasteiger partial charge >= 0.3 is 5.97 Å². The summed E-state index contributed by atoms with van der Waals surface area (Å²) in [5.41, 5.74) is 4.59. The largest absolute Gasteiger partial charge is 0.478 e. The van der Waals surface area contributed by atoms with Gasteiger partial charge in [-0.05, 0) is 55.5 Å². The molecule has 6 heteroatoms. The first-order chi connectivity index (χ1) is 16.2. The van der Waals surface area contributed by atoms with Crippen molar-refractivity contribution in [2.75, 3.05) is 0 Å². The molecule has 0 spiro atoms. The highest BCUT2D eigenvalue weighted by Gasteiger charge is 2.44. The molecule has 3 aromatic rings. The molecule has 1 heterocycles. The van der Waals surface area contributed by atoms with Gasteiger partial charge < -0.3 is 5.11 Å². The third-order valence-corrected chi connectivity index (χ3v) is 8.28. The molecule has 1 N–H and O–H groups in total. The van der Waals surface area contributed by atoms with Crippen molar-refractivity contribution in [2.45, 2.75) is 50.6 Å². The minimum atomic E-state index is -4.04. The Morgan fingerprint density at radius 1 is 0.941 bits per heavy atom. The Hall–Kier alpha value is -3.22. The van der Waals surface area contributed by atoms with Crippen LogP contribution in [0.2, 0.25) is 0 Å². The van der Waals surface area contributed by atoms with Gasteiger partial charge in [0.1, 0.15) is 0 Å². The Labute approximate surface area is 201 Å². The van der Waals surface area contributed by atoms with E-state index in [-0.39, 0.29) is 16.9 Å². The summed E-state index contributed by atoms with van der Waals surface area (Å²) in [6.45, 7) is 5.88. The highest BCUT2D eigenvalue weighted by atomic mass is 32.2. The van der Waals surface area contributed by atoms with Gasteiger partial charge in [-0.25, -0.2) is 13.2 Å². The quantitative estimate of drug-likeness (QED) is 0.492. The maximum atomic E-state index is 14.1. The number of carbonyl (C=O) groups is 1. The second-order valence-electron chi connectivity index (χ2n) is 8.78. The van der Waals surface area contributed by atoms with Crippen LogP contribution in [0.3, 0.4) is 0 Å². The molecular formula is C28H29NO4S. The minimum absolute atomic E-state index is 0.0720. The van der Waals surface area contributed by atoms with Crippen molar-refractivity contribution in [3.63, 3.8) is 0 Å². The van der Waals surface area contributed by atoms with E-state index >= 15 is 0 Å². The standard InChI is InChI=1S/C28H29NO4S/c1-4-21-10-12-22(13-11-21)26-17-16-25(28(30)31)27(23-7-5-6-20(3)18-23)29(26)34(32,33)24-14-8-19(2)9-15-24/h5-16,18,26-27H,4,17H2,1-3H3,(H,30,31)/t26-,27-/m0/s1. The van der Waals surface area contributed by atoms with Crippen LogP contribution in [0.5, 0.6) is 0 Å². The molecule has 5 nitrogen and oxygen atoms in total. The van der Waals surface area contributed by atoms with Gasteiger partial charge in [-0.15, -0.1) is 0 Å². The molecule has 0 saturated heterocycles. The predicted octanol–water partition coefficient (Wildman–Crippen LogP) is 5.75. The van der Waals surface area contributed by atoms with Crippen molar-refractivity contribution in [2.24, 2.45) is 0 Å². The lowest BCUT2D eigenvalue weighted by Gasteiger charge is -2.40. The maximum Gasteiger partial charge on any atom is 0.333 e. The molecule has 0 unspecified atom stereocenters. The van der Waals surface area contributed by atoms with Crippen molar-refractivity contribution < 1.29 is 18.3 Å². The number of hydrogen-bond donors (Lipinski definition) is 1. The predicted molar refractivity (Wildman–Crippen MR) is 133 cm³/mol. The SMILES string of the molecule is CCc1ccc([C@@H]2CC=C(C(=O)O)[C@H](c3cccc(C)c3)N2S(=O)(=O)c2ccc(C)cc2)cc1. The van der Waals surface area contributed by atoms with Crippen LogP contribution in [-0.4, -0.2) is 23.8 Å². The lowest BCUT2D eigenvalue weighted by molar-refractivity contribution is -0.133. The summed E-state index contributed by atoms with van der Waals surface area (Å²) < 4.78 is 29.7. The van der Waals surface area contributed by atoms with Crippen molar-refractivity contribution in [3.05, 3.63) is 112 Å². The van der Waals surface area contributed by atoms with E-state index in [1.165, 1.54) is 4.31 Å². The van der Waals surface area contributed by atoms with Crippen LogP contribution < -0.4 is 0 Å². The van der Waals surface area contributed by atoms with Gasteiger partial charge in [-0.2, -0.15) is 4.31 Å². The monoisotopic (exact) mass is 475 g/mol. The molecule has 0 fully saturated rings. The van der Waals surface area contributed by atoms with E-state index in [2.05, 4.69) is 6.92 Å². The van der Waals surface area contributed by atoms with Gasteiger partial charge in [0.05, 0.1) is 22.6 Å². The van der Waals surface area contributed by atoms with Crippen LogP contribution in [0.4, 0.5) is 0 Å². The normalized spacial score (nSPS) is 19.0. The van der Waals surface area contributed by atoms with Crippen LogP contribution in [-0.2, 0) is 21.2 Å². The third kappa shape index (κ3) is 4.56. The van der Waals surface area contributed by atoms with Gasteiger partial charge in [0.25, 0.3) is 0 Å². The third-order valence-electron chi connectivity index (χ3n) is 6.39. The van der Waals surface area contributed by atoms with Gasteiger partial charge in [0, 0.05) is 0 Å². The molecule has 2 atom stereocenters. The number of rotatable bonds is 6. The zero-order valence-electron chi connectivity index (χ0n) is 19.6. The van der Waals surface area contributed by atoms with Gasteiger partial charge in [0.2, 0.25) is 10.0 Å². The lowest BCUT2D eigenvalue weighted by atomic mass is 9.88. The van der Waals surface area contributed by atoms with E-state index in [1.54, 1.807) is 36.4 Å². The number of benzene rings is 3. The van der Waals surface area contributed by atoms with Crippen LogP contribution in [0.15, 0.2) is 89.3 Å². The van der Waals surface area contributed by atoms with E-state index in [9.17, 15) is 18.3 Å². The summed E-state index contributed by atoms with van der Waals surface area (Å²) in [6.07, 6.45) is 2.83. The van der Waals surface area contributed by atoms with Crippen molar-refractivity contribution in [1.82, 2.24) is 4.31 Å². The molecule has 0 aromatic heterocycles. The van der Waals surface area contributed by atoms with Crippen molar-refractivity contribution in [1.29, 1.82) is 0 Å². The number of nitrogens with zero attached hydrogens (tertiary/aromatic N) is 1. The molecule has 0 aliphatic carbocycles. The fourth-order valence-corrected chi connectivity index (χ4v) is 6.32. The van der Waals surface area contributed by atoms with Gasteiger partial charge in [0.15, 0.2) is 0 Å². The number of aliphatic carboxylic acids is 1. The molecule has 34 heavy (non-hydrogen) atoms. The first-order valence-corrected chi connectivity index (χ1v) is 12.9. The van der Waals surface area contributed by atoms with Crippen LogP contribution in [0.1, 0.15) is 53.2 Å². The van der Waals surface area contributed by atoms with Crippen molar-refractivity contribution >= 4 is 16.0 Å². The Kier molecular flexibility index (Phi) is 6.73. The second kappa shape index (κ2) is 9.57. The molecule has 176 valence electrons. The number of hydrogen-bond acceptors (Lipinski definition) is 3. The summed E-state index contributed by atoms with van der Waals surface area (Å²) in [6, 6.07) is 20.5. The highest BCUT2D eigenvalue weighted by Crippen LogP contribution is 2.45. The van der Waals surface area contributed by atoms with E-state index in [1.807, 2.05) is 56.3 Å². The van der Waals surface area contributed by atoms with E-state index < -0.39 is 28.1 Å². The molecule has 0 saturated carbocycles. The smallest absolute Gasteiger partial charge is 0.333 e. The maximum absolute atomic E-state index is 14.1. The molecule has 1 aliphatic rings. The molecule has 4 rings (SSSR count). The first-order valence-electron chi connectivity index (χ1n) is 11.4. The number of carboxylic acid groups (broad SMARTS) is 1. The second-order valence-corrected chi connectivity index (χ2v) is 10.6. The molecule has 1 aliphatic heterocycles. The average Bonchev–Trinajstić information content (AvgIpc) is 2.83. The lowest BCUT2D eigenvalue weighted by Crippen LogP contribution is -2.42. The Balaban J connectivity index is 1.96. The number of aryl methyl sites for hydroxylation is 3. The number of carboxylic acids is 1. The fourth-order valence-electron chi connectivity index (χ4n) is 4.54. The summed E-state index contributed by atoms with van der Waals surface area (Å²) >= 11 is 0. The summed E-state index contributed by atoms with van der Waals surface area (Å²) in [4.78, 5) is 12.5. The van der Waals surface area contributed by atoms with Gasteiger partial charge in [-0.3, -0.25) is 0 Å². The van der Waals surface area contributed by atoms with E-state index in [0.717, 1.165) is 28.7 Å². The molecule has 0 radical (unpaired) electrons. The molecular weight excluding hydrogens is 446 g/mol. The highest BCUT2D eigenvalue weighted by molar-refractivity contribution is 7.89. The van der Waals surface area contributed by atoms with E-state index in [0.29, 0.717) is 5.56 Å². The van der Waals surface area contributed by atoms with Crippen LogP contribution >= 0.6 is 0 Å². The summed E-state index contributed by atoms with van der Waals surface area (Å²) in [7, 11) is -4.04. The Morgan fingerprint density at radius 3 is 2.21 bits per heavy atom. The van der Waals surface area contributed by atoms with Gasteiger partial charge in [-0.1, -0.05) is 84.8 Å². The van der Waals surface area contributed by atoms with Crippen LogP contribution in [0.25, 0.3) is 0 Å². The minimum Gasteiger partial charge on any atom is -0.478 e. The number of sulfonamides is 1. The Morgan fingerprint density at radius 2 is 1.62 bits per heavy atom. The van der Waals surface area contributed by atoms with Crippen LogP contribution in [0, 0.1) is 13.8 Å². The Bertz CT molecular complexity index is 1330. The van der Waals surface area contributed by atoms with Crippen molar-refractivity contribution in [3.8, 4) is 0 Å². The topological polar surface area (TPSA) is 74.7 Å². The fraction of sp³-hybridized carbons (Fsp3) is 0.250. The molecule has 0 bridgehead atoms. The zero-order chi connectivity index (χ0) is 24.5. The van der Waals surface area contributed by atoms with E-state index in [4.69, 9.17) is 0 Å². The summed E-state index contributed by atoms with van der Waals surface area (Å²) in [5.74, 6) is -1.12. The zero-order valence-corrected chi connectivity index (χ0v) is 20.4.